The topological polar surface area (TPSA) is 110 Å². The number of rotatable bonds is 5. The molecule has 1 aliphatic heterocycles. The molecule has 0 aliphatic carbocycles. The third-order valence-corrected chi connectivity index (χ3v) is 8.52. The van der Waals surface area contributed by atoms with Crippen molar-refractivity contribution < 1.29 is 23.1 Å². The second kappa shape index (κ2) is 7.66. The molecular formula is C25H29N3O5S. The monoisotopic (exact) mass is 483 g/mol. The van der Waals surface area contributed by atoms with Gasteiger partial charge in [-0.25, -0.2) is 22.2 Å². The Morgan fingerprint density at radius 1 is 1.12 bits per heavy atom. The van der Waals surface area contributed by atoms with Crippen molar-refractivity contribution in [3.63, 3.8) is 0 Å². The lowest BCUT2D eigenvalue weighted by Gasteiger charge is -2.52. The molecule has 8 nitrogen and oxygen atoms in total. The number of aliphatic carboxylic acids is 1. The van der Waals surface area contributed by atoms with Crippen LogP contribution in [0.4, 0.5) is 0 Å². The van der Waals surface area contributed by atoms with E-state index in [1.807, 2.05) is 6.92 Å². The first-order valence-corrected chi connectivity index (χ1v) is 12.5. The number of carboxylic acid groups (broad SMARTS) is 1. The Hall–Kier alpha value is -3.20. The van der Waals surface area contributed by atoms with Crippen molar-refractivity contribution in [1.29, 1.82) is 0 Å². The average molecular weight is 484 g/mol. The van der Waals surface area contributed by atoms with Crippen LogP contribution in [-0.4, -0.2) is 44.8 Å². The highest BCUT2D eigenvalue weighted by molar-refractivity contribution is 7.90. The van der Waals surface area contributed by atoms with Gasteiger partial charge in [-0.2, -0.15) is 0 Å². The summed E-state index contributed by atoms with van der Waals surface area (Å²) in [5.74, 6) is -2.02. The van der Waals surface area contributed by atoms with E-state index >= 15 is 0 Å². The van der Waals surface area contributed by atoms with Crippen LogP contribution >= 0.6 is 0 Å². The van der Waals surface area contributed by atoms with Crippen molar-refractivity contribution in [2.24, 2.45) is 11.3 Å². The predicted octanol–water partition coefficient (Wildman–Crippen LogP) is 4.06. The molecule has 34 heavy (non-hydrogen) atoms. The summed E-state index contributed by atoms with van der Waals surface area (Å²) in [5.41, 5.74) is -0.453. The van der Waals surface area contributed by atoms with E-state index in [-0.39, 0.29) is 22.7 Å². The van der Waals surface area contributed by atoms with E-state index in [2.05, 4.69) is 4.98 Å². The van der Waals surface area contributed by atoms with Crippen LogP contribution in [0.1, 0.15) is 56.1 Å². The van der Waals surface area contributed by atoms with E-state index in [0.29, 0.717) is 10.9 Å². The normalized spacial score (nSPS) is 16.2. The summed E-state index contributed by atoms with van der Waals surface area (Å²) in [6, 6.07) is 8.15. The molecule has 0 unspecified atom stereocenters. The average Bonchev–Trinajstić information content (AvgIpc) is 3.13. The summed E-state index contributed by atoms with van der Waals surface area (Å²) < 4.78 is 28.0. The van der Waals surface area contributed by atoms with Crippen LogP contribution in [0.2, 0.25) is 0 Å². The number of nitrogens with zero attached hydrogens (tertiary/aromatic N) is 3. The van der Waals surface area contributed by atoms with Gasteiger partial charge >= 0.3 is 5.97 Å². The van der Waals surface area contributed by atoms with Gasteiger partial charge in [-0.3, -0.25) is 4.79 Å². The summed E-state index contributed by atoms with van der Waals surface area (Å²) in [5, 5.41) is 10.9. The van der Waals surface area contributed by atoms with Crippen molar-refractivity contribution in [2.45, 2.75) is 58.5 Å². The number of carboxylic acids is 1. The minimum atomic E-state index is -4.03. The molecule has 0 radical (unpaired) electrons. The Labute approximate surface area is 199 Å². The van der Waals surface area contributed by atoms with Crippen molar-refractivity contribution in [2.75, 3.05) is 0 Å². The molecule has 9 heteroatoms. The smallest absolute Gasteiger partial charge is 0.330 e. The number of carbonyl (C=O) groups is 2. The van der Waals surface area contributed by atoms with Crippen LogP contribution in [0.3, 0.4) is 0 Å². The van der Waals surface area contributed by atoms with E-state index in [9.17, 15) is 23.1 Å². The highest BCUT2D eigenvalue weighted by Crippen LogP contribution is 2.46. The minimum Gasteiger partial charge on any atom is -0.479 e. The van der Waals surface area contributed by atoms with Crippen LogP contribution < -0.4 is 0 Å². The fraction of sp³-hybridized carbons (Fsp3) is 0.400. The molecule has 0 saturated carbocycles. The molecule has 180 valence electrons. The van der Waals surface area contributed by atoms with E-state index in [4.69, 9.17) is 0 Å². The van der Waals surface area contributed by atoms with E-state index < -0.39 is 38.8 Å². The van der Waals surface area contributed by atoms with Gasteiger partial charge in [0.05, 0.1) is 10.5 Å². The van der Waals surface area contributed by atoms with Crippen LogP contribution in [0.15, 0.2) is 47.6 Å². The fourth-order valence-electron chi connectivity index (χ4n) is 5.43. The highest BCUT2D eigenvalue weighted by atomic mass is 32.2. The van der Waals surface area contributed by atoms with E-state index in [1.165, 1.54) is 29.4 Å². The number of hydrogen-bond donors (Lipinski definition) is 1. The number of pyridine rings is 1. The van der Waals surface area contributed by atoms with E-state index in [0.717, 1.165) is 9.54 Å². The zero-order valence-electron chi connectivity index (χ0n) is 20.2. The molecule has 0 saturated heterocycles. The zero-order valence-corrected chi connectivity index (χ0v) is 21.0. The van der Waals surface area contributed by atoms with Crippen LogP contribution in [-0.2, 0) is 21.4 Å². The first-order chi connectivity index (χ1) is 15.7. The lowest BCUT2D eigenvalue weighted by atomic mass is 9.65. The van der Waals surface area contributed by atoms with Crippen molar-refractivity contribution in [3.05, 3.63) is 59.4 Å². The first-order valence-electron chi connectivity index (χ1n) is 11.1. The van der Waals surface area contributed by atoms with Crippen molar-refractivity contribution in [3.8, 4) is 0 Å². The van der Waals surface area contributed by atoms with Gasteiger partial charge in [-0.05, 0) is 42.0 Å². The number of aromatic nitrogens is 2. The third-order valence-electron chi connectivity index (χ3n) is 6.85. The van der Waals surface area contributed by atoms with E-state index in [1.54, 1.807) is 52.8 Å². The lowest BCUT2D eigenvalue weighted by Crippen LogP contribution is -2.67. The van der Waals surface area contributed by atoms with Gasteiger partial charge in [0, 0.05) is 24.3 Å². The molecule has 1 aromatic carbocycles. The molecule has 0 spiro atoms. The summed E-state index contributed by atoms with van der Waals surface area (Å²) in [6.07, 6.45) is 2.77. The number of carbonyl (C=O) groups excluding carboxylic acids is 1. The third kappa shape index (κ3) is 3.17. The predicted molar refractivity (Wildman–Crippen MR) is 128 cm³/mol. The van der Waals surface area contributed by atoms with Gasteiger partial charge in [0.25, 0.3) is 15.9 Å². The summed E-state index contributed by atoms with van der Waals surface area (Å²) in [7, 11) is -4.03. The Morgan fingerprint density at radius 2 is 1.74 bits per heavy atom. The standard InChI is InChI=1S/C25H29N3O5S/c1-15(2)25(23(30)31,24(4,5)6)27-13-17-11-12-26-21-20(17)19(22(27)29)14-28(21)34(32,33)18-9-7-16(3)8-10-18/h7-12,14-15H,13H2,1-6H3,(H,30,31)/t25-/m0/s1. The Bertz CT molecular complexity index is 1420. The number of benzene rings is 1. The molecular weight excluding hydrogens is 454 g/mol. The number of aryl methyl sites for hydroxylation is 1. The van der Waals surface area contributed by atoms with Crippen molar-refractivity contribution >= 4 is 32.9 Å². The van der Waals surface area contributed by atoms with Gasteiger partial charge < -0.3 is 10.0 Å². The fourth-order valence-corrected chi connectivity index (χ4v) is 6.75. The second-order valence-corrected chi connectivity index (χ2v) is 12.0. The Kier molecular flexibility index (Phi) is 5.39. The summed E-state index contributed by atoms with van der Waals surface area (Å²) >= 11 is 0. The maximum Gasteiger partial charge on any atom is 0.330 e. The molecule has 3 aromatic rings. The molecule has 0 bridgehead atoms. The zero-order chi connectivity index (χ0) is 25.2. The van der Waals surface area contributed by atoms with Crippen LogP contribution in [0.5, 0.6) is 0 Å². The molecule has 0 fully saturated rings. The molecule has 4 rings (SSSR count). The van der Waals surface area contributed by atoms with Crippen LogP contribution in [0.25, 0.3) is 11.0 Å². The summed E-state index contributed by atoms with van der Waals surface area (Å²) in [4.78, 5) is 32.4. The Morgan fingerprint density at radius 3 is 2.26 bits per heavy atom. The van der Waals surface area contributed by atoms with Crippen LogP contribution in [0, 0.1) is 18.3 Å². The number of hydrogen-bond acceptors (Lipinski definition) is 5. The van der Waals surface area contributed by atoms with Crippen molar-refractivity contribution in [1.82, 2.24) is 13.9 Å². The first kappa shape index (κ1) is 23.9. The maximum atomic E-state index is 13.9. The van der Waals surface area contributed by atoms with Gasteiger partial charge in [0.15, 0.2) is 5.65 Å². The molecule has 1 amide bonds. The molecule has 1 atom stereocenters. The highest BCUT2D eigenvalue weighted by Gasteiger charge is 2.58. The second-order valence-electron chi connectivity index (χ2n) is 10.2. The van der Waals surface area contributed by atoms with Gasteiger partial charge in [-0.1, -0.05) is 52.3 Å². The number of amides is 1. The summed E-state index contributed by atoms with van der Waals surface area (Å²) in [6.45, 7) is 10.9. The van der Waals surface area contributed by atoms with Gasteiger partial charge in [0.1, 0.15) is 5.54 Å². The lowest BCUT2D eigenvalue weighted by molar-refractivity contribution is -0.163. The largest absolute Gasteiger partial charge is 0.479 e. The van der Waals surface area contributed by atoms with Gasteiger partial charge in [-0.15, -0.1) is 0 Å². The Balaban J connectivity index is 1.96. The molecule has 3 heterocycles. The molecule has 1 N–H and O–H groups in total. The van der Waals surface area contributed by atoms with Gasteiger partial charge in [0.2, 0.25) is 0 Å². The molecule has 1 aliphatic rings. The maximum absolute atomic E-state index is 13.9. The quantitative estimate of drug-likeness (QED) is 0.586. The molecule has 2 aromatic heterocycles. The SMILES string of the molecule is Cc1ccc(S(=O)(=O)n2cc3c4c(ccnc42)CN([C@](C(=O)O)(C(C)C)C(C)(C)C)C3=O)cc1. The minimum absolute atomic E-state index is 0.0429.